The standard InChI is InChI=1S/C15H15NO5/c1-2-9-7-14(19)16(8-9)11(15(20)21)5-10-3-4-12(17)13(18)6-10/h1,3-4,6,9,11,17-18H,5,7-8H2,(H,20,21)/t9?,11-/m0/s1. The molecule has 1 amide bonds. The Labute approximate surface area is 121 Å². The maximum absolute atomic E-state index is 11.9. The molecule has 0 bridgehead atoms. The van der Waals surface area contributed by atoms with E-state index in [9.17, 15) is 24.9 Å². The number of carbonyl (C=O) groups excluding carboxylic acids is 1. The number of rotatable bonds is 4. The first-order valence-electron chi connectivity index (χ1n) is 6.41. The third kappa shape index (κ3) is 3.08. The van der Waals surface area contributed by atoms with Crippen LogP contribution in [0.15, 0.2) is 18.2 Å². The molecule has 6 nitrogen and oxygen atoms in total. The summed E-state index contributed by atoms with van der Waals surface area (Å²) in [7, 11) is 0. The Bertz CT molecular complexity index is 619. The number of aliphatic carboxylic acids is 1. The van der Waals surface area contributed by atoms with Gasteiger partial charge in [0.25, 0.3) is 0 Å². The summed E-state index contributed by atoms with van der Waals surface area (Å²) in [6.45, 7) is 0.219. The van der Waals surface area contributed by atoms with E-state index in [1.807, 2.05) is 0 Å². The summed E-state index contributed by atoms with van der Waals surface area (Å²) in [5.74, 6) is 0.174. The number of likely N-dealkylation sites (tertiary alicyclic amines) is 1. The zero-order chi connectivity index (χ0) is 15.6. The van der Waals surface area contributed by atoms with Crippen LogP contribution in [-0.4, -0.2) is 44.7 Å². The van der Waals surface area contributed by atoms with Crippen LogP contribution in [0.5, 0.6) is 11.5 Å². The lowest BCUT2D eigenvalue weighted by atomic mass is 10.0. The molecule has 0 spiro atoms. The predicted octanol–water partition coefficient (Wildman–Crippen LogP) is 0.575. The molecule has 1 fully saturated rings. The topological polar surface area (TPSA) is 98.1 Å². The molecule has 0 aromatic heterocycles. The average Bonchev–Trinajstić information content (AvgIpc) is 2.80. The molecular formula is C15H15NO5. The van der Waals surface area contributed by atoms with Crippen LogP contribution in [0.25, 0.3) is 0 Å². The minimum Gasteiger partial charge on any atom is -0.504 e. The van der Waals surface area contributed by atoms with Crippen molar-refractivity contribution in [2.24, 2.45) is 5.92 Å². The van der Waals surface area contributed by atoms with E-state index >= 15 is 0 Å². The monoisotopic (exact) mass is 289 g/mol. The number of carboxylic acid groups (broad SMARTS) is 1. The molecule has 1 aromatic rings. The van der Waals surface area contributed by atoms with Crippen molar-refractivity contribution in [1.29, 1.82) is 0 Å². The Kier molecular flexibility index (Phi) is 4.03. The van der Waals surface area contributed by atoms with Crippen LogP contribution in [0.4, 0.5) is 0 Å². The van der Waals surface area contributed by atoms with Crippen LogP contribution >= 0.6 is 0 Å². The van der Waals surface area contributed by atoms with Crippen molar-refractivity contribution in [3.05, 3.63) is 23.8 Å². The van der Waals surface area contributed by atoms with Gasteiger partial charge in [0.1, 0.15) is 6.04 Å². The average molecular weight is 289 g/mol. The number of carbonyl (C=O) groups is 2. The van der Waals surface area contributed by atoms with Gasteiger partial charge >= 0.3 is 5.97 Å². The molecule has 6 heteroatoms. The second-order valence-electron chi connectivity index (χ2n) is 5.00. The molecule has 1 unspecified atom stereocenters. The molecule has 1 heterocycles. The van der Waals surface area contributed by atoms with Gasteiger partial charge in [-0.05, 0) is 17.7 Å². The SMILES string of the molecule is C#CC1CC(=O)N([C@@H](Cc2ccc(O)c(O)c2)C(=O)O)C1. The van der Waals surface area contributed by atoms with E-state index in [1.54, 1.807) is 0 Å². The highest BCUT2D eigenvalue weighted by atomic mass is 16.4. The van der Waals surface area contributed by atoms with Crippen molar-refractivity contribution >= 4 is 11.9 Å². The highest BCUT2D eigenvalue weighted by Gasteiger charge is 2.37. The van der Waals surface area contributed by atoms with Crippen molar-refractivity contribution in [1.82, 2.24) is 4.90 Å². The van der Waals surface area contributed by atoms with Crippen molar-refractivity contribution in [3.8, 4) is 23.8 Å². The predicted molar refractivity (Wildman–Crippen MR) is 73.6 cm³/mol. The zero-order valence-corrected chi connectivity index (χ0v) is 11.2. The summed E-state index contributed by atoms with van der Waals surface area (Å²) in [5.41, 5.74) is 0.509. The summed E-state index contributed by atoms with van der Waals surface area (Å²) < 4.78 is 0. The third-order valence-corrected chi connectivity index (χ3v) is 3.52. The number of hydrogen-bond donors (Lipinski definition) is 3. The Morgan fingerprint density at radius 1 is 1.43 bits per heavy atom. The van der Waals surface area contributed by atoms with Gasteiger partial charge in [-0.3, -0.25) is 4.79 Å². The molecule has 1 aromatic carbocycles. The lowest BCUT2D eigenvalue weighted by Gasteiger charge is -2.24. The lowest BCUT2D eigenvalue weighted by Crippen LogP contribution is -2.43. The van der Waals surface area contributed by atoms with E-state index in [0.717, 1.165) is 0 Å². The Hall–Kier alpha value is -2.68. The Morgan fingerprint density at radius 3 is 2.67 bits per heavy atom. The quantitative estimate of drug-likeness (QED) is 0.556. The fourth-order valence-corrected chi connectivity index (χ4v) is 2.39. The summed E-state index contributed by atoms with van der Waals surface area (Å²) in [6.07, 6.45) is 5.47. The van der Waals surface area contributed by atoms with Crippen LogP contribution in [0.3, 0.4) is 0 Å². The van der Waals surface area contributed by atoms with Crippen molar-refractivity contribution in [2.75, 3.05) is 6.54 Å². The summed E-state index contributed by atoms with van der Waals surface area (Å²) in [6, 6.07) is 3.02. The second kappa shape index (κ2) is 5.75. The number of nitrogens with zero attached hydrogens (tertiary/aromatic N) is 1. The first-order valence-corrected chi connectivity index (χ1v) is 6.41. The number of phenolic OH excluding ortho intramolecular Hbond substituents is 2. The lowest BCUT2D eigenvalue weighted by molar-refractivity contribution is -0.148. The summed E-state index contributed by atoms with van der Waals surface area (Å²) >= 11 is 0. The number of aromatic hydroxyl groups is 2. The molecule has 3 N–H and O–H groups in total. The van der Waals surface area contributed by atoms with Gasteiger partial charge in [0.15, 0.2) is 11.5 Å². The Morgan fingerprint density at radius 2 is 2.14 bits per heavy atom. The minimum atomic E-state index is -1.13. The number of benzene rings is 1. The van der Waals surface area contributed by atoms with Crippen LogP contribution in [0.2, 0.25) is 0 Å². The first-order chi connectivity index (χ1) is 9.92. The van der Waals surface area contributed by atoms with Gasteiger partial charge < -0.3 is 20.2 Å². The van der Waals surface area contributed by atoms with Gasteiger partial charge in [0.2, 0.25) is 5.91 Å². The van der Waals surface area contributed by atoms with Gasteiger partial charge in [0.05, 0.1) is 0 Å². The van der Waals surface area contributed by atoms with E-state index in [1.165, 1.54) is 23.1 Å². The van der Waals surface area contributed by atoms with Crippen molar-refractivity contribution in [3.63, 3.8) is 0 Å². The van der Waals surface area contributed by atoms with Gasteiger partial charge in [-0.15, -0.1) is 12.3 Å². The van der Waals surface area contributed by atoms with Gasteiger partial charge in [-0.2, -0.15) is 0 Å². The number of terminal acetylenes is 1. The largest absolute Gasteiger partial charge is 0.504 e. The van der Waals surface area contributed by atoms with Crippen LogP contribution in [0.1, 0.15) is 12.0 Å². The normalized spacial score (nSPS) is 19.3. The smallest absolute Gasteiger partial charge is 0.326 e. The van der Waals surface area contributed by atoms with E-state index in [-0.39, 0.29) is 42.7 Å². The van der Waals surface area contributed by atoms with Crippen molar-refractivity contribution in [2.45, 2.75) is 18.9 Å². The van der Waals surface area contributed by atoms with Crippen LogP contribution < -0.4 is 0 Å². The molecular weight excluding hydrogens is 274 g/mol. The first kappa shape index (κ1) is 14.7. The molecule has 1 aliphatic rings. The molecule has 110 valence electrons. The molecule has 1 aliphatic heterocycles. The fraction of sp³-hybridized carbons (Fsp3) is 0.333. The van der Waals surface area contributed by atoms with Gasteiger partial charge in [-0.1, -0.05) is 6.07 Å². The fourth-order valence-electron chi connectivity index (χ4n) is 2.39. The summed E-state index contributed by atoms with van der Waals surface area (Å²) in [5, 5.41) is 28.0. The zero-order valence-electron chi connectivity index (χ0n) is 11.2. The van der Waals surface area contributed by atoms with Crippen molar-refractivity contribution < 1.29 is 24.9 Å². The second-order valence-corrected chi connectivity index (χ2v) is 5.00. The molecule has 21 heavy (non-hydrogen) atoms. The minimum absolute atomic E-state index is 0.0339. The third-order valence-electron chi connectivity index (χ3n) is 3.52. The van der Waals surface area contributed by atoms with Crippen LogP contribution in [0, 0.1) is 18.3 Å². The van der Waals surface area contributed by atoms with E-state index in [4.69, 9.17) is 6.42 Å². The molecule has 2 atom stereocenters. The maximum Gasteiger partial charge on any atom is 0.326 e. The number of hydrogen-bond acceptors (Lipinski definition) is 4. The highest BCUT2D eigenvalue weighted by Crippen LogP contribution is 2.27. The highest BCUT2D eigenvalue weighted by molar-refractivity contribution is 5.85. The van der Waals surface area contributed by atoms with Crippen LogP contribution in [-0.2, 0) is 16.0 Å². The van der Waals surface area contributed by atoms with E-state index < -0.39 is 12.0 Å². The molecule has 1 saturated heterocycles. The molecule has 2 rings (SSSR count). The molecule has 0 radical (unpaired) electrons. The van der Waals surface area contributed by atoms with Gasteiger partial charge in [-0.25, -0.2) is 4.79 Å². The number of carboxylic acids is 1. The molecule has 0 aliphatic carbocycles. The summed E-state index contributed by atoms with van der Waals surface area (Å²) in [4.78, 5) is 24.6. The van der Waals surface area contributed by atoms with E-state index in [0.29, 0.717) is 5.56 Å². The Balaban J connectivity index is 2.20. The maximum atomic E-state index is 11.9. The van der Waals surface area contributed by atoms with E-state index in [2.05, 4.69) is 5.92 Å². The number of amides is 1. The molecule has 0 saturated carbocycles. The number of phenols is 2. The van der Waals surface area contributed by atoms with Gasteiger partial charge in [0, 0.05) is 25.3 Å².